The number of rotatable bonds is 5. The second kappa shape index (κ2) is 6.85. The first-order chi connectivity index (χ1) is 7.86. The number of alkyl halides is 4. The average Bonchev–Trinajstić information content (AvgIpc) is 2.52. The van der Waals surface area contributed by atoms with Gasteiger partial charge in [-0.25, -0.2) is 0 Å². The first-order valence-corrected chi connectivity index (χ1v) is 9.56. The van der Waals surface area contributed by atoms with Crippen LogP contribution in [0.3, 0.4) is 0 Å². The molecule has 0 heterocycles. The van der Waals surface area contributed by atoms with Gasteiger partial charge < -0.3 is 0 Å². The molecule has 0 aromatic rings. The van der Waals surface area contributed by atoms with E-state index in [1.165, 1.54) is 0 Å². The van der Waals surface area contributed by atoms with Crippen molar-refractivity contribution in [2.45, 2.75) is 58.3 Å². The van der Waals surface area contributed by atoms with Gasteiger partial charge in [-0.1, -0.05) is 84.0 Å². The van der Waals surface area contributed by atoms with Crippen LogP contribution in [0.2, 0.25) is 0 Å². The van der Waals surface area contributed by atoms with Gasteiger partial charge in [-0.15, -0.1) is 0 Å². The van der Waals surface area contributed by atoms with E-state index in [1.807, 2.05) is 0 Å². The summed E-state index contributed by atoms with van der Waals surface area (Å²) in [6.45, 7) is 4.31. The summed E-state index contributed by atoms with van der Waals surface area (Å²) in [6, 6.07) is 0. The number of halogens is 4. The second-order valence-corrected chi connectivity index (χ2v) is 9.55. The smallest absolute Gasteiger partial charge is 0.163 e. The highest BCUT2D eigenvalue weighted by Gasteiger charge is 2.52. The molecule has 0 aliphatic heterocycles. The monoisotopic (exact) mass is 494 g/mol. The van der Waals surface area contributed by atoms with E-state index in [9.17, 15) is 4.79 Å². The van der Waals surface area contributed by atoms with Crippen LogP contribution in [-0.4, -0.2) is 24.6 Å². The number of ketones is 1. The van der Waals surface area contributed by atoms with Gasteiger partial charge >= 0.3 is 0 Å². The molecule has 0 radical (unpaired) electrons. The molecule has 0 spiro atoms. The molecule has 0 bridgehead atoms. The molecule has 0 aromatic carbocycles. The zero-order valence-corrected chi connectivity index (χ0v) is 16.4. The highest BCUT2D eigenvalue weighted by molar-refractivity contribution is 9.12. The third-order valence-corrected chi connectivity index (χ3v) is 8.71. The molecule has 1 aliphatic rings. The lowest BCUT2D eigenvalue weighted by atomic mass is 9.88. The topological polar surface area (TPSA) is 17.1 Å². The highest BCUT2D eigenvalue weighted by atomic mass is 79.9. The predicted molar refractivity (Wildman–Crippen MR) is 88.1 cm³/mol. The molecular weight excluding hydrogens is 480 g/mol. The largest absolute Gasteiger partial charge is 0.297 e. The summed E-state index contributed by atoms with van der Waals surface area (Å²) < 4.78 is -0.356. The van der Waals surface area contributed by atoms with Gasteiger partial charge in [-0.3, -0.25) is 4.79 Å². The molecule has 3 unspecified atom stereocenters. The van der Waals surface area contributed by atoms with Gasteiger partial charge in [0.25, 0.3) is 0 Å². The maximum Gasteiger partial charge on any atom is 0.163 e. The van der Waals surface area contributed by atoms with Crippen LogP contribution in [0, 0.1) is 5.92 Å². The van der Waals surface area contributed by atoms with E-state index in [1.54, 1.807) is 0 Å². The van der Waals surface area contributed by atoms with Gasteiger partial charge in [0.05, 0.1) is 9.15 Å². The molecule has 0 N–H and O–H groups in total. The molecule has 17 heavy (non-hydrogen) atoms. The summed E-state index contributed by atoms with van der Waals surface area (Å²) in [4.78, 5) is 13.1. The summed E-state index contributed by atoms with van der Waals surface area (Å²) in [5, 5.41) is 0. The number of hydrogen-bond donors (Lipinski definition) is 0. The fourth-order valence-corrected chi connectivity index (χ4v) is 6.24. The molecule has 5 atom stereocenters. The quantitative estimate of drug-likeness (QED) is 0.477. The van der Waals surface area contributed by atoms with Crippen molar-refractivity contribution >= 4 is 69.5 Å². The zero-order chi connectivity index (χ0) is 13.2. The maximum absolute atomic E-state index is 12.3. The van der Waals surface area contributed by atoms with Crippen molar-refractivity contribution in [3.8, 4) is 0 Å². The van der Waals surface area contributed by atoms with E-state index >= 15 is 0 Å². The van der Waals surface area contributed by atoms with E-state index in [2.05, 4.69) is 77.6 Å². The SMILES string of the molecule is CCC(Br)C(Br)C[C@@]1(Br)C(=O)[C@@H](Br)CC1CC. The Hall–Kier alpha value is 1.59. The zero-order valence-electron chi connectivity index (χ0n) is 10.1. The van der Waals surface area contributed by atoms with Crippen molar-refractivity contribution in [2.75, 3.05) is 0 Å². The molecule has 0 saturated heterocycles. The normalized spacial score (nSPS) is 37.2. The summed E-state index contributed by atoms with van der Waals surface area (Å²) in [6.07, 6.45) is 3.88. The Morgan fingerprint density at radius 2 is 1.94 bits per heavy atom. The van der Waals surface area contributed by atoms with Gasteiger partial charge in [-0.05, 0) is 25.2 Å². The van der Waals surface area contributed by atoms with Crippen molar-refractivity contribution in [1.82, 2.24) is 0 Å². The minimum Gasteiger partial charge on any atom is -0.297 e. The van der Waals surface area contributed by atoms with Gasteiger partial charge in [0.15, 0.2) is 5.78 Å². The fourth-order valence-electron chi connectivity index (χ4n) is 2.43. The highest BCUT2D eigenvalue weighted by Crippen LogP contribution is 2.48. The Balaban J connectivity index is 2.81. The molecular formula is C12H18Br4O. The lowest BCUT2D eigenvalue weighted by molar-refractivity contribution is -0.119. The van der Waals surface area contributed by atoms with Gasteiger partial charge in [0, 0.05) is 9.65 Å². The standard InChI is InChI=1S/C12H18Br4O/c1-3-7-5-9(14)11(17)12(7,16)6-10(15)8(13)4-2/h7-10H,3-6H2,1-2H3/t7?,8?,9-,10?,12-/m0/s1. The Kier molecular flexibility index (Phi) is 6.70. The lowest BCUT2D eigenvalue weighted by Gasteiger charge is -2.30. The third kappa shape index (κ3) is 3.57. The Bertz CT molecular complexity index is 284. The maximum atomic E-state index is 12.3. The van der Waals surface area contributed by atoms with Crippen LogP contribution in [0.25, 0.3) is 0 Å². The van der Waals surface area contributed by atoms with Crippen molar-refractivity contribution in [3.63, 3.8) is 0 Å². The van der Waals surface area contributed by atoms with Crippen molar-refractivity contribution in [1.29, 1.82) is 0 Å². The first kappa shape index (κ1) is 16.6. The summed E-state index contributed by atoms with van der Waals surface area (Å²) >= 11 is 14.6. The molecule has 1 aliphatic carbocycles. The first-order valence-electron chi connectivity index (χ1n) is 6.02. The van der Waals surface area contributed by atoms with Crippen LogP contribution in [0.15, 0.2) is 0 Å². The molecule has 100 valence electrons. The molecule has 1 nitrogen and oxygen atoms in total. The van der Waals surface area contributed by atoms with Crippen LogP contribution in [-0.2, 0) is 4.79 Å². The van der Waals surface area contributed by atoms with E-state index in [4.69, 9.17) is 0 Å². The Labute approximate surface area is 137 Å². The van der Waals surface area contributed by atoms with Crippen molar-refractivity contribution in [3.05, 3.63) is 0 Å². The molecule has 1 fully saturated rings. The summed E-state index contributed by atoms with van der Waals surface area (Å²) in [5.41, 5.74) is 0. The average molecular weight is 498 g/mol. The summed E-state index contributed by atoms with van der Waals surface area (Å²) in [5.74, 6) is 0.737. The Morgan fingerprint density at radius 1 is 1.35 bits per heavy atom. The van der Waals surface area contributed by atoms with Gasteiger partial charge in [0.1, 0.15) is 0 Å². The molecule has 5 heteroatoms. The number of carbonyl (C=O) groups is 1. The van der Waals surface area contributed by atoms with E-state index in [0.717, 1.165) is 25.7 Å². The third-order valence-electron chi connectivity index (χ3n) is 3.60. The fraction of sp³-hybridized carbons (Fsp3) is 0.917. The summed E-state index contributed by atoms with van der Waals surface area (Å²) in [7, 11) is 0. The predicted octanol–water partition coefficient (Wildman–Crippen LogP) is 5.21. The molecule has 1 saturated carbocycles. The molecule has 1 rings (SSSR count). The van der Waals surface area contributed by atoms with E-state index in [0.29, 0.717) is 21.4 Å². The van der Waals surface area contributed by atoms with Crippen LogP contribution >= 0.6 is 63.7 Å². The minimum atomic E-state index is -0.356. The van der Waals surface area contributed by atoms with Crippen molar-refractivity contribution in [2.24, 2.45) is 5.92 Å². The van der Waals surface area contributed by atoms with Crippen LogP contribution in [0.1, 0.15) is 39.5 Å². The molecule has 0 amide bonds. The minimum absolute atomic E-state index is 0.0157. The van der Waals surface area contributed by atoms with E-state index < -0.39 is 0 Å². The van der Waals surface area contributed by atoms with Crippen LogP contribution < -0.4 is 0 Å². The molecule has 0 aromatic heterocycles. The second-order valence-electron chi connectivity index (χ2n) is 4.68. The number of Topliss-reactive ketones (excluding diaryl/α,β-unsaturated/α-hetero) is 1. The lowest BCUT2D eigenvalue weighted by Crippen LogP contribution is -2.39. The van der Waals surface area contributed by atoms with Crippen molar-refractivity contribution < 1.29 is 4.79 Å². The van der Waals surface area contributed by atoms with Crippen LogP contribution in [0.4, 0.5) is 0 Å². The van der Waals surface area contributed by atoms with Gasteiger partial charge in [0.2, 0.25) is 0 Å². The number of hydrogen-bond acceptors (Lipinski definition) is 1. The number of carbonyl (C=O) groups excluding carboxylic acids is 1. The Morgan fingerprint density at radius 3 is 2.41 bits per heavy atom. The van der Waals surface area contributed by atoms with Crippen LogP contribution in [0.5, 0.6) is 0 Å². The van der Waals surface area contributed by atoms with Gasteiger partial charge in [-0.2, -0.15) is 0 Å². The van der Waals surface area contributed by atoms with E-state index in [-0.39, 0.29) is 9.15 Å².